The van der Waals surface area contributed by atoms with Gasteiger partial charge < -0.3 is 5.73 Å². The Kier molecular flexibility index (Phi) is 3.64. The summed E-state index contributed by atoms with van der Waals surface area (Å²) >= 11 is 1.74. The van der Waals surface area contributed by atoms with Gasteiger partial charge in [0.2, 0.25) is 0 Å². The second kappa shape index (κ2) is 4.99. The molecule has 0 bridgehead atoms. The van der Waals surface area contributed by atoms with Crippen molar-refractivity contribution >= 4 is 11.8 Å². The summed E-state index contributed by atoms with van der Waals surface area (Å²) in [4.78, 5) is 4.14. The van der Waals surface area contributed by atoms with Gasteiger partial charge in [-0.1, -0.05) is 25.1 Å². The summed E-state index contributed by atoms with van der Waals surface area (Å²) in [6, 6.07) is 0.308. The van der Waals surface area contributed by atoms with Crippen molar-refractivity contribution in [3.8, 4) is 0 Å². The van der Waals surface area contributed by atoms with E-state index in [1.807, 2.05) is 0 Å². The fourth-order valence-corrected chi connectivity index (χ4v) is 3.32. The number of rotatable bonds is 3. The number of nitrogens with one attached hydrogen (secondary N) is 1. The molecule has 2 rings (SSSR count). The first-order valence-corrected chi connectivity index (χ1v) is 6.45. The zero-order valence-electron chi connectivity index (χ0n) is 9.02. The maximum Gasteiger partial charge on any atom is 0.183 e. The number of aromatic amines is 1. The topological polar surface area (TPSA) is 67.6 Å². The molecule has 0 radical (unpaired) electrons. The van der Waals surface area contributed by atoms with Gasteiger partial charge in [-0.3, -0.25) is 5.10 Å². The molecule has 0 saturated heterocycles. The smallest absolute Gasteiger partial charge is 0.183 e. The molecule has 1 saturated carbocycles. The number of aromatic nitrogens is 3. The van der Waals surface area contributed by atoms with E-state index in [9.17, 15) is 0 Å². The molecule has 3 unspecified atom stereocenters. The van der Waals surface area contributed by atoms with Crippen LogP contribution in [0, 0.1) is 5.92 Å². The molecule has 1 aromatic rings. The van der Waals surface area contributed by atoms with Crippen molar-refractivity contribution in [2.75, 3.05) is 0 Å². The van der Waals surface area contributed by atoms with Crippen molar-refractivity contribution in [3.05, 3.63) is 6.33 Å². The van der Waals surface area contributed by atoms with E-state index < -0.39 is 0 Å². The zero-order valence-corrected chi connectivity index (χ0v) is 9.83. The highest BCUT2D eigenvalue weighted by Gasteiger charge is 2.28. The van der Waals surface area contributed by atoms with Crippen LogP contribution < -0.4 is 5.73 Å². The van der Waals surface area contributed by atoms with Crippen LogP contribution >= 0.6 is 11.8 Å². The van der Waals surface area contributed by atoms with Crippen LogP contribution in [0.5, 0.6) is 0 Å². The van der Waals surface area contributed by atoms with Crippen molar-refractivity contribution in [3.63, 3.8) is 0 Å². The van der Waals surface area contributed by atoms with Crippen molar-refractivity contribution in [1.82, 2.24) is 15.2 Å². The van der Waals surface area contributed by atoms with Crippen LogP contribution in [-0.2, 0) is 0 Å². The number of H-pyrrole nitrogens is 1. The lowest BCUT2D eigenvalue weighted by Crippen LogP contribution is -2.38. The molecule has 3 N–H and O–H groups in total. The lowest BCUT2D eigenvalue weighted by atomic mass is 9.84. The fraction of sp³-hybridized carbons (Fsp3) is 0.800. The van der Waals surface area contributed by atoms with Crippen molar-refractivity contribution < 1.29 is 0 Å². The molecule has 1 aliphatic rings. The molecular formula is C10H18N4S. The molecule has 1 fully saturated rings. The first-order chi connectivity index (χ1) is 7.29. The van der Waals surface area contributed by atoms with Crippen LogP contribution in [0.15, 0.2) is 11.5 Å². The average Bonchev–Trinajstić information content (AvgIpc) is 2.74. The average molecular weight is 226 g/mol. The second-order valence-electron chi connectivity index (χ2n) is 4.20. The van der Waals surface area contributed by atoms with E-state index in [0.29, 0.717) is 11.3 Å². The summed E-state index contributed by atoms with van der Waals surface area (Å²) in [7, 11) is 0. The molecule has 84 valence electrons. The van der Waals surface area contributed by atoms with Crippen LogP contribution in [0.2, 0.25) is 0 Å². The number of hydrogen-bond donors (Lipinski definition) is 2. The summed E-state index contributed by atoms with van der Waals surface area (Å²) < 4.78 is 0. The Morgan fingerprint density at radius 3 is 3.13 bits per heavy atom. The number of thioether (sulfide) groups is 1. The van der Waals surface area contributed by atoms with Gasteiger partial charge in [-0.05, 0) is 25.2 Å². The predicted octanol–water partition coefficient (Wildman–Crippen LogP) is 1.80. The Bertz CT molecular complexity index is 288. The van der Waals surface area contributed by atoms with E-state index in [2.05, 4.69) is 22.1 Å². The Hall–Kier alpha value is -0.550. The quantitative estimate of drug-likeness (QED) is 0.824. The highest BCUT2D eigenvalue weighted by molar-refractivity contribution is 7.99. The highest BCUT2D eigenvalue weighted by atomic mass is 32.2. The van der Waals surface area contributed by atoms with Gasteiger partial charge in [-0.15, -0.1) is 0 Å². The van der Waals surface area contributed by atoms with Gasteiger partial charge in [0.05, 0.1) is 0 Å². The minimum absolute atomic E-state index is 0.308. The van der Waals surface area contributed by atoms with Gasteiger partial charge in [-0.2, -0.15) is 5.10 Å². The lowest BCUT2D eigenvalue weighted by molar-refractivity contribution is 0.327. The van der Waals surface area contributed by atoms with Gasteiger partial charge in [0.1, 0.15) is 6.33 Å². The molecule has 3 atom stereocenters. The Morgan fingerprint density at radius 1 is 1.60 bits per heavy atom. The molecule has 1 aliphatic carbocycles. The molecule has 0 aliphatic heterocycles. The van der Waals surface area contributed by atoms with Gasteiger partial charge >= 0.3 is 0 Å². The van der Waals surface area contributed by atoms with Crippen LogP contribution in [0.25, 0.3) is 0 Å². The van der Waals surface area contributed by atoms with Gasteiger partial charge in [0.25, 0.3) is 0 Å². The Labute approximate surface area is 94.4 Å². The molecule has 5 heteroatoms. The van der Waals surface area contributed by atoms with Crippen LogP contribution in [-0.4, -0.2) is 26.5 Å². The molecule has 0 amide bonds. The number of hydrogen-bond acceptors (Lipinski definition) is 4. The highest BCUT2D eigenvalue weighted by Crippen LogP contribution is 2.35. The Balaban J connectivity index is 1.94. The number of nitrogens with two attached hydrogens (primary N) is 1. The van der Waals surface area contributed by atoms with E-state index in [0.717, 1.165) is 17.5 Å². The normalized spacial score (nSPS) is 31.7. The minimum Gasteiger partial charge on any atom is -0.327 e. The molecule has 0 aromatic carbocycles. The van der Waals surface area contributed by atoms with Crippen molar-refractivity contribution in [2.24, 2.45) is 11.7 Å². The first kappa shape index (κ1) is 11.0. The van der Waals surface area contributed by atoms with Gasteiger partial charge in [0.15, 0.2) is 5.16 Å². The lowest BCUT2D eigenvalue weighted by Gasteiger charge is -2.32. The first-order valence-electron chi connectivity index (χ1n) is 5.57. The third-order valence-electron chi connectivity index (χ3n) is 3.18. The third-order valence-corrected chi connectivity index (χ3v) is 4.45. The van der Waals surface area contributed by atoms with Gasteiger partial charge in [-0.25, -0.2) is 4.98 Å². The van der Waals surface area contributed by atoms with Gasteiger partial charge in [0, 0.05) is 11.3 Å². The van der Waals surface area contributed by atoms with E-state index in [1.54, 1.807) is 18.1 Å². The third kappa shape index (κ3) is 2.72. The summed E-state index contributed by atoms with van der Waals surface area (Å²) in [6.45, 7) is 2.26. The Morgan fingerprint density at radius 2 is 2.47 bits per heavy atom. The summed E-state index contributed by atoms with van der Waals surface area (Å²) in [5, 5.41) is 8.13. The standard InChI is InChI=1S/C10H18N4S/c1-2-7-3-4-8(11)9(5-7)15-10-12-6-13-14-10/h6-9H,2-5,11H2,1H3,(H,12,13,14). The fourth-order valence-electron chi connectivity index (χ4n) is 2.14. The van der Waals surface area contributed by atoms with E-state index in [-0.39, 0.29) is 0 Å². The predicted molar refractivity (Wildman–Crippen MR) is 61.6 cm³/mol. The zero-order chi connectivity index (χ0) is 10.7. The van der Waals surface area contributed by atoms with E-state index in [1.165, 1.54) is 19.3 Å². The van der Waals surface area contributed by atoms with E-state index in [4.69, 9.17) is 5.73 Å². The molecular weight excluding hydrogens is 208 g/mol. The second-order valence-corrected chi connectivity index (χ2v) is 5.43. The summed E-state index contributed by atoms with van der Waals surface area (Å²) in [5.74, 6) is 0.838. The summed E-state index contributed by atoms with van der Waals surface area (Å²) in [6.07, 6.45) is 6.45. The van der Waals surface area contributed by atoms with E-state index >= 15 is 0 Å². The van der Waals surface area contributed by atoms with Crippen molar-refractivity contribution in [1.29, 1.82) is 0 Å². The molecule has 15 heavy (non-hydrogen) atoms. The minimum atomic E-state index is 0.308. The van der Waals surface area contributed by atoms with Crippen LogP contribution in [0.3, 0.4) is 0 Å². The largest absolute Gasteiger partial charge is 0.327 e. The monoisotopic (exact) mass is 226 g/mol. The maximum atomic E-state index is 6.13. The number of nitrogens with zero attached hydrogens (tertiary/aromatic N) is 2. The molecule has 4 nitrogen and oxygen atoms in total. The molecule has 1 heterocycles. The van der Waals surface area contributed by atoms with Crippen LogP contribution in [0.4, 0.5) is 0 Å². The SMILES string of the molecule is CCC1CCC(N)C(Sc2ncn[nH]2)C1. The van der Waals surface area contributed by atoms with Crippen LogP contribution in [0.1, 0.15) is 32.6 Å². The maximum absolute atomic E-state index is 6.13. The molecule has 0 spiro atoms. The summed E-state index contributed by atoms with van der Waals surface area (Å²) in [5.41, 5.74) is 6.13. The van der Waals surface area contributed by atoms with Crippen molar-refractivity contribution in [2.45, 2.75) is 49.1 Å². The molecule has 1 aromatic heterocycles.